The van der Waals surface area contributed by atoms with Crippen molar-refractivity contribution in [2.45, 2.75) is 39.4 Å². The van der Waals surface area contributed by atoms with E-state index < -0.39 is 0 Å². The summed E-state index contributed by atoms with van der Waals surface area (Å²) in [6.07, 6.45) is 0.997. The lowest BCUT2D eigenvalue weighted by molar-refractivity contribution is -0.130. The maximum atomic E-state index is 12.3. The first-order valence-corrected chi connectivity index (χ1v) is 7.66. The summed E-state index contributed by atoms with van der Waals surface area (Å²) >= 11 is 0. The molecule has 1 aromatic rings. The zero-order chi connectivity index (χ0) is 15.6. The number of carbonyl (C=O) groups excluding carboxylic acids is 1. The van der Waals surface area contributed by atoms with Gasteiger partial charge in [0, 0.05) is 6.04 Å². The number of carbonyl (C=O) groups is 1. The van der Waals surface area contributed by atoms with Gasteiger partial charge >= 0.3 is 0 Å². The van der Waals surface area contributed by atoms with Crippen LogP contribution in [0.5, 0.6) is 0 Å². The van der Waals surface area contributed by atoms with Crippen molar-refractivity contribution in [3.05, 3.63) is 34.9 Å². The van der Waals surface area contributed by atoms with Gasteiger partial charge in [0.1, 0.15) is 6.17 Å². The lowest BCUT2D eigenvalue weighted by Gasteiger charge is -2.32. The molecule has 0 saturated carbocycles. The maximum Gasteiger partial charge on any atom is 0.238 e. The Morgan fingerprint density at radius 1 is 1.38 bits per heavy atom. The third-order valence-corrected chi connectivity index (χ3v) is 4.21. The van der Waals surface area contributed by atoms with E-state index in [0.717, 1.165) is 13.0 Å². The van der Waals surface area contributed by atoms with Crippen molar-refractivity contribution in [1.29, 1.82) is 0 Å². The molecule has 0 spiro atoms. The molecule has 1 heterocycles. The number of aryl methyl sites for hydroxylation is 2. The predicted octanol–water partition coefficient (Wildman–Crippen LogP) is 2.07. The molecule has 0 bridgehead atoms. The lowest BCUT2D eigenvalue weighted by atomic mass is 10.0. The Labute approximate surface area is 128 Å². The molecule has 1 aliphatic rings. The third-order valence-electron chi connectivity index (χ3n) is 4.21. The van der Waals surface area contributed by atoms with E-state index in [9.17, 15) is 4.79 Å². The second kappa shape index (κ2) is 6.58. The van der Waals surface area contributed by atoms with Crippen LogP contribution in [0.2, 0.25) is 0 Å². The first-order valence-electron chi connectivity index (χ1n) is 7.66. The van der Waals surface area contributed by atoms with E-state index in [1.54, 1.807) is 0 Å². The molecule has 1 saturated heterocycles. The fourth-order valence-electron chi connectivity index (χ4n) is 2.92. The Hall–Kier alpha value is -1.39. The van der Waals surface area contributed by atoms with Crippen LogP contribution in [0.15, 0.2) is 18.2 Å². The molecule has 0 aromatic heterocycles. The Bertz CT molecular complexity index is 513. The molecule has 21 heavy (non-hydrogen) atoms. The molecule has 2 rings (SSSR count). The summed E-state index contributed by atoms with van der Waals surface area (Å²) in [5.74, 6) is 0.201. The third kappa shape index (κ3) is 3.63. The highest BCUT2D eigenvalue weighted by atomic mass is 16.2. The van der Waals surface area contributed by atoms with Gasteiger partial charge in [-0.2, -0.15) is 0 Å². The smallest absolute Gasteiger partial charge is 0.238 e. The quantitative estimate of drug-likeness (QED) is 0.901. The van der Waals surface area contributed by atoms with E-state index in [1.807, 2.05) is 4.90 Å². The van der Waals surface area contributed by atoms with Crippen LogP contribution >= 0.6 is 0 Å². The molecule has 2 atom stereocenters. The summed E-state index contributed by atoms with van der Waals surface area (Å²) < 4.78 is 0. The van der Waals surface area contributed by atoms with Gasteiger partial charge in [-0.05, 0) is 59.0 Å². The van der Waals surface area contributed by atoms with Crippen LogP contribution in [0.25, 0.3) is 0 Å². The maximum absolute atomic E-state index is 12.3. The number of nitrogens with one attached hydrogen (secondary N) is 1. The van der Waals surface area contributed by atoms with Crippen molar-refractivity contribution >= 4 is 5.91 Å². The highest BCUT2D eigenvalue weighted by Crippen LogP contribution is 2.28. The van der Waals surface area contributed by atoms with Crippen LogP contribution in [0, 0.1) is 13.8 Å². The molecular weight excluding hydrogens is 262 g/mol. The van der Waals surface area contributed by atoms with Crippen LogP contribution in [0.3, 0.4) is 0 Å². The van der Waals surface area contributed by atoms with Gasteiger partial charge in [0.15, 0.2) is 0 Å². The van der Waals surface area contributed by atoms with E-state index in [2.05, 4.69) is 63.3 Å². The molecule has 4 heteroatoms. The van der Waals surface area contributed by atoms with Crippen LogP contribution < -0.4 is 5.32 Å². The summed E-state index contributed by atoms with van der Waals surface area (Å²) in [4.78, 5) is 16.5. The van der Waals surface area contributed by atoms with Crippen molar-refractivity contribution in [2.24, 2.45) is 0 Å². The van der Waals surface area contributed by atoms with E-state index in [0.29, 0.717) is 6.54 Å². The minimum Gasteiger partial charge on any atom is -0.319 e. The minimum atomic E-state index is 0.00885. The SMILES string of the molecule is Cc1ccc(C)c(C2NCC(=O)N2C(C)CCN(C)C)c1. The van der Waals surface area contributed by atoms with Crippen LogP contribution in [-0.2, 0) is 4.79 Å². The van der Waals surface area contributed by atoms with Gasteiger partial charge in [0.05, 0.1) is 6.54 Å². The zero-order valence-electron chi connectivity index (χ0n) is 13.8. The van der Waals surface area contributed by atoms with Gasteiger partial charge in [0.25, 0.3) is 0 Å². The fraction of sp³-hybridized carbons (Fsp3) is 0.588. The molecule has 1 N–H and O–H groups in total. The van der Waals surface area contributed by atoms with E-state index in [1.165, 1.54) is 16.7 Å². The Morgan fingerprint density at radius 2 is 2.10 bits per heavy atom. The molecule has 0 aliphatic carbocycles. The number of hydrogen-bond acceptors (Lipinski definition) is 3. The fourth-order valence-corrected chi connectivity index (χ4v) is 2.92. The monoisotopic (exact) mass is 289 g/mol. The summed E-state index contributed by atoms with van der Waals surface area (Å²) in [5, 5.41) is 3.37. The normalized spacial score (nSPS) is 20.4. The largest absolute Gasteiger partial charge is 0.319 e. The van der Waals surface area contributed by atoms with Crippen LogP contribution in [0.1, 0.15) is 36.2 Å². The van der Waals surface area contributed by atoms with Crippen molar-refractivity contribution in [2.75, 3.05) is 27.2 Å². The highest BCUT2D eigenvalue weighted by Gasteiger charge is 2.35. The molecule has 4 nitrogen and oxygen atoms in total. The predicted molar refractivity (Wildman–Crippen MR) is 86.1 cm³/mol. The van der Waals surface area contributed by atoms with Crippen LogP contribution in [0.4, 0.5) is 0 Å². The Balaban J connectivity index is 2.21. The van der Waals surface area contributed by atoms with Gasteiger partial charge in [0.2, 0.25) is 5.91 Å². The lowest BCUT2D eigenvalue weighted by Crippen LogP contribution is -2.39. The first kappa shape index (κ1) is 16.0. The zero-order valence-corrected chi connectivity index (χ0v) is 13.8. The summed E-state index contributed by atoms with van der Waals surface area (Å²) in [6, 6.07) is 6.68. The molecule has 1 amide bonds. The van der Waals surface area contributed by atoms with Crippen LogP contribution in [-0.4, -0.2) is 48.9 Å². The topological polar surface area (TPSA) is 35.6 Å². The molecular formula is C17H27N3O. The minimum absolute atomic E-state index is 0.00885. The van der Waals surface area contributed by atoms with E-state index in [4.69, 9.17) is 0 Å². The second-order valence-electron chi connectivity index (χ2n) is 6.39. The summed E-state index contributed by atoms with van der Waals surface area (Å²) in [5.41, 5.74) is 3.69. The van der Waals surface area contributed by atoms with Gasteiger partial charge in [-0.1, -0.05) is 23.8 Å². The average Bonchev–Trinajstić information content (AvgIpc) is 2.80. The van der Waals surface area contributed by atoms with Crippen molar-refractivity contribution in [1.82, 2.24) is 15.1 Å². The summed E-state index contributed by atoms with van der Waals surface area (Å²) in [7, 11) is 4.14. The Kier molecular flexibility index (Phi) is 5.01. The first-order chi connectivity index (χ1) is 9.90. The molecule has 2 unspecified atom stereocenters. The van der Waals surface area contributed by atoms with E-state index >= 15 is 0 Å². The molecule has 116 valence electrons. The molecule has 1 aliphatic heterocycles. The summed E-state index contributed by atoms with van der Waals surface area (Å²) in [6.45, 7) is 7.78. The van der Waals surface area contributed by atoms with Gasteiger partial charge < -0.3 is 9.80 Å². The van der Waals surface area contributed by atoms with Gasteiger partial charge in [-0.25, -0.2) is 0 Å². The second-order valence-corrected chi connectivity index (χ2v) is 6.39. The molecule has 1 aromatic carbocycles. The number of benzene rings is 1. The van der Waals surface area contributed by atoms with Gasteiger partial charge in [-0.15, -0.1) is 0 Å². The number of hydrogen-bond donors (Lipinski definition) is 1. The standard InChI is InChI=1S/C17H27N3O/c1-12-6-7-13(2)15(10-12)17-18-11-16(21)20(17)14(3)8-9-19(4)5/h6-7,10,14,17-18H,8-9,11H2,1-5H3. The van der Waals surface area contributed by atoms with Crippen molar-refractivity contribution in [3.63, 3.8) is 0 Å². The van der Waals surface area contributed by atoms with Crippen molar-refractivity contribution < 1.29 is 4.79 Å². The van der Waals surface area contributed by atoms with E-state index in [-0.39, 0.29) is 18.1 Å². The molecule has 0 radical (unpaired) electrons. The van der Waals surface area contributed by atoms with Crippen molar-refractivity contribution in [3.8, 4) is 0 Å². The highest BCUT2D eigenvalue weighted by molar-refractivity contribution is 5.81. The average molecular weight is 289 g/mol. The van der Waals surface area contributed by atoms with Gasteiger partial charge in [-0.3, -0.25) is 10.1 Å². The number of rotatable bonds is 5. The number of amides is 1. The molecule has 1 fully saturated rings. The number of nitrogens with zero attached hydrogens (tertiary/aromatic N) is 2. The Morgan fingerprint density at radius 3 is 2.76 bits per heavy atom.